The van der Waals surface area contributed by atoms with E-state index in [1.165, 1.54) is 6.07 Å². The molecule has 0 aliphatic carbocycles. The summed E-state index contributed by atoms with van der Waals surface area (Å²) in [5, 5.41) is 2.60. The molecule has 7 heteroatoms. The van der Waals surface area contributed by atoms with Crippen LogP contribution in [0.15, 0.2) is 48.5 Å². The number of nitrogens with zero attached hydrogens (tertiary/aromatic N) is 1. The Kier molecular flexibility index (Phi) is 8.33. The predicted octanol–water partition coefficient (Wildman–Crippen LogP) is 3.42. The van der Waals surface area contributed by atoms with E-state index in [2.05, 4.69) is 5.32 Å². The van der Waals surface area contributed by atoms with E-state index in [0.29, 0.717) is 29.9 Å². The molecule has 2 amide bonds. The first-order chi connectivity index (χ1) is 13.9. The second-order valence-corrected chi connectivity index (χ2v) is 6.36. The Hall–Kier alpha value is -3.22. The summed E-state index contributed by atoms with van der Waals surface area (Å²) in [6.07, 6.45) is 0.171. The lowest BCUT2D eigenvalue weighted by atomic mass is 10.1. The molecular formula is C22H25FN2O4. The average Bonchev–Trinajstić information content (AvgIpc) is 2.72. The highest BCUT2D eigenvalue weighted by molar-refractivity contribution is 5.97. The third-order valence-corrected chi connectivity index (χ3v) is 4.36. The zero-order valence-electron chi connectivity index (χ0n) is 16.6. The van der Waals surface area contributed by atoms with Crippen LogP contribution in [0.4, 0.5) is 10.1 Å². The Morgan fingerprint density at radius 2 is 1.76 bits per heavy atom. The van der Waals surface area contributed by atoms with Crippen LogP contribution >= 0.6 is 0 Å². The van der Waals surface area contributed by atoms with Gasteiger partial charge in [-0.25, -0.2) is 4.39 Å². The van der Waals surface area contributed by atoms with Crippen molar-refractivity contribution in [3.63, 3.8) is 0 Å². The first-order valence-corrected chi connectivity index (χ1v) is 9.52. The van der Waals surface area contributed by atoms with Crippen molar-refractivity contribution in [3.8, 4) is 0 Å². The minimum absolute atomic E-state index is 0.0257. The van der Waals surface area contributed by atoms with Crippen molar-refractivity contribution in [3.05, 3.63) is 65.5 Å². The predicted molar refractivity (Wildman–Crippen MR) is 108 cm³/mol. The second-order valence-electron chi connectivity index (χ2n) is 6.36. The highest BCUT2D eigenvalue weighted by Gasteiger charge is 2.14. The molecule has 0 heterocycles. The van der Waals surface area contributed by atoms with Crippen LogP contribution in [0, 0.1) is 5.82 Å². The number of carbonyl (C=O) groups excluding carboxylic acids is 3. The first kappa shape index (κ1) is 22.1. The maximum Gasteiger partial charge on any atom is 0.306 e. The zero-order valence-corrected chi connectivity index (χ0v) is 16.6. The topological polar surface area (TPSA) is 75.7 Å². The fourth-order valence-corrected chi connectivity index (χ4v) is 2.78. The molecule has 29 heavy (non-hydrogen) atoms. The van der Waals surface area contributed by atoms with E-state index >= 15 is 0 Å². The summed E-state index contributed by atoms with van der Waals surface area (Å²) < 4.78 is 18.5. The molecule has 154 valence electrons. The molecule has 0 bridgehead atoms. The Bertz CT molecular complexity index is 865. The molecule has 2 aromatic carbocycles. The SMILES string of the molecule is CCN(CC)C(=O)c1cccc(NC(=O)COC(=O)CCc2ccccc2F)c1. The number of hydrogen-bond donors (Lipinski definition) is 1. The minimum Gasteiger partial charge on any atom is -0.456 e. The van der Waals surface area contributed by atoms with E-state index in [-0.39, 0.29) is 24.6 Å². The second kappa shape index (κ2) is 10.9. The Morgan fingerprint density at radius 3 is 2.45 bits per heavy atom. The number of hydrogen-bond acceptors (Lipinski definition) is 4. The van der Waals surface area contributed by atoms with Crippen molar-refractivity contribution in [1.29, 1.82) is 0 Å². The molecule has 0 aromatic heterocycles. The maximum atomic E-state index is 13.5. The number of rotatable bonds is 9. The highest BCUT2D eigenvalue weighted by Crippen LogP contribution is 2.13. The van der Waals surface area contributed by atoms with Crippen LogP contribution in [-0.2, 0) is 20.7 Å². The van der Waals surface area contributed by atoms with E-state index in [1.807, 2.05) is 13.8 Å². The zero-order chi connectivity index (χ0) is 21.2. The quantitative estimate of drug-likeness (QED) is 0.655. The number of ether oxygens (including phenoxy) is 1. The van der Waals surface area contributed by atoms with Gasteiger partial charge in [0.25, 0.3) is 11.8 Å². The summed E-state index contributed by atoms with van der Waals surface area (Å²) in [4.78, 5) is 37.9. The lowest BCUT2D eigenvalue weighted by Crippen LogP contribution is -2.30. The summed E-state index contributed by atoms with van der Waals surface area (Å²) >= 11 is 0. The molecule has 6 nitrogen and oxygen atoms in total. The molecule has 0 aliphatic heterocycles. The largest absolute Gasteiger partial charge is 0.456 e. The van der Waals surface area contributed by atoms with Crippen molar-refractivity contribution in [2.45, 2.75) is 26.7 Å². The van der Waals surface area contributed by atoms with Crippen molar-refractivity contribution >= 4 is 23.5 Å². The molecular weight excluding hydrogens is 375 g/mol. The molecule has 0 spiro atoms. The summed E-state index contributed by atoms with van der Waals surface area (Å²) in [6.45, 7) is 4.52. The van der Waals surface area contributed by atoms with Crippen molar-refractivity contribution in [1.82, 2.24) is 4.90 Å². The highest BCUT2D eigenvalue weighted by atomic mass is 19.1. The number of nitrogens with one attached hydrogen (secondary N) is 1. The van der Waals surface area contributed by atoms with Crippen molar-refractivity contribution in [2.75, 3.05) is 25.0 Å². The van der Waals surface area contributed by atoms with Gasteiger partial charge in [0.1, 0.15) is 5.82 Å². The lowest BCUT2D eigenvalue weighted by Gasteiger charge is -2.19. The van der Waals surface area contributed by atoms with Crippen molar-refractivity contribution in [2.24, 2.45) is 0 Å². The molecule has 0 saturated heterocycles. The molecule has 0 aliphatic rings. The van der Waals surface area contributed by atoms with Gasteiger partial charge in [-0.2, -0.15) is 0 Å². The van der Waals surface area contributed by atoms with E-state index < -0.39 is 18.5 Å². The fourth-order valence-electron chi connectivity index (χ4n) is 2.78. The average molecular weight is 400 g/mol. The van der Waals surface area contributed by atoms with Crippen LogP contribution in [0.2, 0.25) is 0 Å². The van der Waals surface area contributed by atoms with Crippen LogP contribution in [0.1, 0.15) is 36.2 Å². The molecule has 0 unspecified atom stereocenters. The Morgan fingerprint density at radius 1 is 1.03 bits per heavy atom. The number of anilines is 1. The number of benzene rings is 2. The third kappa shape index (κ3) is 6.71. The van der Waals surface area contributed by atoms with Crippen LogP contribution < -0.4 is 5.32 Å². The number of esters is 1. The van der Waals surface area contributed by atoms with Gasteiger partial charge in [-0.15, -0.1) is 0 Å². The molecule has 2 rings (SSSR count). The van der Waals surface area contributed by atoms with Crippen LogP contribution in [-0.4, -0.2) is 42.4 Å². The summed E-state index contributed by atoms with van der Waals surface area (Å²) in [5.74, 6) is -1.60. The number of amides is 2. The van der Waals surface area contributed by atoms with E-state index in [4.69, 9.17) is 4.74 Å². The number of aryl methyl sites for hydroxylation is 1. The summed E-state index contributed by atoms with van der Waals surface area (Å²) in [7, 11) is 0. The smallest absolute Gasteiger partial charge is 0.306 e. The van der Waals surface area contributed by atoms with Gasteiger partial charge in [0.2, 0.25) is 0 Å². The van der Waals surface area contributed by atoms with Crippen LogP contribution in [0.5, 0.6) is 0 Å². The summed E-state index contributed by atoms with van der Waals surface area (Å²) in [6, 6.07) is 12.8. The van der Waals surface area contributed by atoms with E-state index in [9.17, 15) is 18.8 Å². The molecule has 0 fully saturated rings. The minimum atomic E-state index is -0.589. The van der Waals surface area contributed by atoms with Gasteiger partial charge < -0.3 is 15.0 Å². The Labute approximate surface area is 169 Å². The number of halogens is 1. The third-order valence-electron chi connectivity index (χ3n) is 4.36. The Balaban J connectivity index is 1.83. The monoisotopic (exact) mass is 400 g/mol. The van der Waals surface area contributed by atoms with E-state index in [1.54, 1.807) is 47.4 Å². The normalized spacial score (nSPS) is 10.3. The molecule has 1 N–H and O–H groups in total. The van der Waals surface area contributed by atoms with Gasteiger partial charge in [0, 0.05) is 30.8 Å². The first-order valence-electron chi connectivity index (χ1n) is 9.52. The molecule has 0 atom stereocenters. The lowest BCUT2D eigenvalue weighted by molar-refractivity contribution is -0.147. The summed E-state index contributed by atoms with van der Waals surface area (Å²) in [5.41, 5.74) is 1.33. The number of carbonyl (C=O) groups is 3. The van der Waals surface area contributed by atoms with Gasteiger partial charge in [0.05, 0.1) is 0 Å². The molecule has 0 radical (unpaired) electrons. The van der Waals surface area contributed by atoms with E-state index in [0.717, 1.165) is 0 Å². The standard InChI is InChI=1S/C22H25FN2O4/c1-3-25(4-2)22(28)17-9-7-10-18(14-17)24-20(26)15-29-21(27)13-12-16-8-5-6-11-19(16)23/h5-11,14H,3-4,12-13,15H2,1-2H3,(H,24,26). The molecule has 0 saturated carbocycles. The molecule has 2 aromatic rings. The fraction of sp³-hybridized carbons (Fsp3) is 0.318. The van der Waals surface area contributed by atoms with Crippen LogP contribution in [0.25, 0.3) is 0 Å². The van der Waals surface area contributed by atoms with Gasteiger partial charge in [-0.1, -0.05) is 24.3 Å². The van der Waals surface area contributed by atoms with Gasteiger partial charge in [0.15, 0.2) is 6.61 Å². The van der Waals surface area contributed by atoms with Gasteiger partial charge >= 0.3 is 5.97 Å². The van der Waals surface area contributed by atoms with Crippen LogP contribution in [0.3, 0.4) is 0 Å². The maximum absolute atomic E-state index is 13.5. The van der Waals surface area contributed by atoms with Gasteiger partial charge in [-0.05, 0) is 50.1 Å². The van der Waals surface area contributed by atoms with Gasteiger partial charge in [-0.3, -0.25) is 14.4 Å². The van der Waals surface area contributed by atoms with Crippen molar-refractivity contribution < 1.29 is 23.5 Å².